The number of nitrogens with one attached hydrogen (secondary N) is 2. The Kier molecular flexibility index (Phi) is 5.57. The molecule has 0 fully saturated rings. The summed E-state index contributed by atoms with van der Waals surface area (Å²) in [5, 5.41) is 8.62. The van der Waals surface area contributed by atoms with Crippen molar-refractivity contribution in [2.75, 3.05) is 28.6 Å². The molecule has 1 aromatic carbocycles. The second kappa shape index (κ2) is 7.63. The van der Waals surface area contributed by atoms with E-state index in [0.29, 0.717) is 11.4 Å². The summed E-state index contributed by atoms with van der Waals surface area (Å²) < 4.78 is 4.84. The van der Waals surface area contributed by atoms with E-state index in [1.165, 1.54) is 6.07 Å². The maximum atomic E-state index is 12.0. The maximum absolute atomic E-state index is 12.0. The molecule has 0 saturated heterocycles. The van der Waals surface area contributed by atoms with Crippen LogP contribution in [0.25, 0.3) is 0 Å². The highest BCUT2D eigenvalue weighted by molar-refractivity contribution is 6.43. The van der Waals surface area contributed by atoms with Crippen molar-refractivity contribution >= 4 is 29.0 Å². The molecule has 7 heteroatoms. The molecule has 2 N–H and O–H groups in total. The highest BCUT2D eigenvalue weighted by Crippen LogP contribution is 2.22. The van der Waals surface area contributed by atoms with Crippen molar-refractivity contribution in [3.63, 3.8) is 0 Å². The van der Waals surface area contributed by atoms with Crippen molar-refractivity contribution < 1.29 is 14.1 Å². The molecule has 24 heavy (non-hydrogen) atoms. The Balaban J connectivity index is 2.04. The number of carbonyl (C=O) groups excluding carboxylic acids is 2. The predicted octanol–water partition coefficient (Wildman–Crippen LogP) is 2.71. The van der Waals surface area contributed by atoms with Crippen LogP contribution in [0, 0.1) is 13.8 Å². The molecule has 0 spiro atoms. The van der Waals surface area contributed by atoms with Gasteiger partial charge in [-0.3, -0.25) is 14.9 Å². The van der Waals surface area contributed by atoms with Gasteiger partial charge in [-0.2, -0.15) is 0 Å². The molecule has 2 amide bonds. The van der Waals surface area contributed by atoms with E-state index in [-0.39, 0.29) is 5.82 Å². The average molecular weight is 330 g/mol. The lowest BCUT2D eigenvalue weighted by atomic mass is 10.1. The lowest BCUT2D eigenvalue weighted by Crippen LogP contribution is -2.29. The highest BCUT2D eigenvalue weighted by atomic mass is 16.5. The van der Waals surface area contributed by atoms with Crippen LogP contribution in [0.5, 0.6) is 0 Å². The summed E-state index contributed by atoms with van der Waals surface area (Å²) in [5.41, 5.74) is 2.57. The number of nitrogens with zero attached hydrogens (tertiary/aromatic N) is 2. The zero-order chi connectivity index (χ0) is 17.7. The first-order chi connectivity index (χ1) is 11.4. The van der Waals surface area contributed by atoms with E-state index >= 15 is 0 Å². The van der Waals surface area contributed by atoms with Crippen LogP contribution in [-0.2, 0) is 9.59 Å². The van der Waals surface area contributed by atoms with Crippen LogP contribution >= 0.6 is 0 Å². The predicted molar refractivity (Wildman–Crippen MR) is 93.2 cm³/mol. The fourth-order valence-electron chi connectivity index (χ4n) is 2.35. The van der Waals surface area contributed by atoms with Crippen LogP contribution in [0.15, 0.2) is 28.8 Å². The van der Waals surface area contributed by atoms with Gasteiger partial charge in [-0.15, -0.1) is 0 Å². The van der Waals surface area contributed by atoms with E-state index in [4.69, 9.17) is 4.52 Å². The molecule has 2 aromatic rings. The summed E-state index contributed by atoms with van der Waals surface area (Å²) in [7, 11) is 0. The first-order valence-electron chi connectivity index (χ1n) is 7.85. The van der Waals surface area contributed by atoms with Crippen molar-refractivity contribution in [2.24, 2.45) is 0 Å². The minimum atomic E-state index is -0.796. The SMILES string of the molecule is CCN(CC)c1ccc(NC(=O)C(=O)Nc2cc(C)on2)c(C)c1. The van der Waals surface area contributed by atoms with Gasteiger partial charge < -0.3 is 14.7 Å². The van der Waals surface area contributed by atoms with Crippen LogP contribution in [-0.4, -0.2) is 30.1 Å². The zero-order valence-electron chi connectivity index (χ0n) is 14.3. The molecule has 0 atom stereocenters. The third-order valence-corrected chi connectivity index (χ3v) is 3.66. The molecular weight excluding hydrogens is 308 g/mol. The van der Waals surface area contributed by atoms with Crippen LogP contribution in [0.4, 0.5) is 17.2 Å². The minimum absolute atomic E-state index is 0.209. The van der Waals surface area contributed by atoms with Gasteiger partial charge in [0.1, 0.15) is 5.76 Å². The van der Waals surface area contributed by atoms with Crippen LogP contribution in [0.2, 0.25) is 0 Å². The van der Waals surface area contributed by atoms with Gasteiger partial charge in [0.05, 0.1) is 0 Å². The number of hydrogen-bond donors (Lipinski definition) is 2. The quantitative estimate of drug-likeness (QED) is 0.823. The summed E-state index contributed by atoms with van der Waals surface area (Å²) in [6.07, 6.45) is 0. The Morgan fingerprint density at radius 1 is 1.08 bits per heavy atom. The van der Waals surface area contributed by atoms with Gasteiger partial charge in [0.2, 0.25) is 0 Å². The summed E-state index contributed by atoms with van der Waals surface area (Å²) in [6.45, 7) is 9.57. The van der Waals surface area contributed by atoms with Gasteiger partial charge in [-0.1, -0.05) is 5.16 Å². The normalized spacial score (nSPS) is 10.3. The topological polar surface area (TPSA) is 87.5 Å². The minimum Gasteiger partial charge on any atom is -0.372 e. The Labute approximate surface area is 141 Å². The smallest absolute Gasteiger partial charge is 0.315 e. The number of anilines is 3. The molecule has 0 unspecified atom stereocenters. The van der Waals surface area contributed by atoms with Gasteiger partial charge in [0, 0.05) is 30.5 Å². The van der Waals surface area contributed by atoms with E-state index in [9.17, 15) is 9.59 Å². The van der Waals surface area contributed by atoms with Crippen molar-refractivity contribution in [1.29, 1.82) is 0 Å². The molecule has 1 aromatic heterocycles. The monoisotopic (exact) mass is 330 g/mol. The average Bonchev–Trinajstić information content (AvgIpc) is 2.96. The Hall–Kier alpha value is -2.83. The fraction of sp³-hybridized carbons (Fsp3) is 0.353. The molecule has 7 nitrogen and oxygen atoms in total. The van der Waals surface area contributed by atoms with Gasteiger partial charge in [-0.25, -0.2) is 0 Å². The van der Waals surface area contributed by atoms with E-state index in [0.717, 1.165) is 24.3 Å². The Morgan fingerprint density at radius 2 is 1.75 bits per heavy atom. The molecule has 0 aliphatic rings. The molecule has 0 bridgehead atoms. The number of aryl methyl sites for hydroxylation is 2. The second-order valence-electron chi connectivity index (χ2n) is 5.40. The van der Waals surface area contributed by atoms with Gasteiger partial charge in [0.15, 0.2) is 5.82 Å². The summed E-state index contributed by atoms with van der Waals surface area (Å²) in [5.74, 6) is -0.792. The Bertz CT molecular complexity index is 735. The number of benzene rings is 1. The first kappa shape index (κ1) is 17.5. The zero-order valence-corrected chi connectivity index (χ0v) is 14.3. The summed E-state index contributed by atoms with van der Waals surface area (Å²) in [4.78, 5) is 26.1. The standard InChI is InChI=1S/C17H22N4O3/c1-5-21(6-2)13-7-8-14(11(3)9-13)18-16(22)17(23)19-15-10-12(4)24-20-15/h7-10H,5-6H2,1-4H3,(H,18,22)(H,19,20,23). The van der Waals surface area contributed by atoms with Gasteiger partial charge in [0.25, 0.3) is 0 Å². The molecule has 0 aliphatic carbocycles. The third kappa shape index (κ3) is 4.13. The van der Waals surface area contributed by atoms with Crippen molar-refractivity contribution in [1.82, 2.24) is 5.16 Å². The lowest BCUT2D eigenvalue weighted by molar-refractivity contribution is -0.133. The van der Waals surface area contributed by atoms with Gasteiger partial charge in [-0.05, 0) is 51.5 Å². The largest absolute Gasteiger partial charge is 0.372 e. The lowest BCUT2D eigenvalue weighted by Gasteiger charge is -2.22. The fourth-order valence-corrected chi connectivity index (χ4v) is 2.35. The highest BCUT2D eigenvalue weighted by Gasteiger charge is 2.17. The summed E-state index contributed by atoms with van der Waals surface area (Å²) >= 11 is 0. The van der Waals surface area contributed by atoms with Crippen LogP contribution in [0.1, 0.15) is 25.2 Å². The van der Waals surface area contributed by atoms with Crippen molar-refractivity contribution in [2.45, 2.75) is 27.7 Å². The van der Waals surface area contributed by atoms with Gasteiger partial charge >= 0.3 is 11.8 Å². The summed E-state index contributed by atoms with van der Waals surface area (Å²) in [6, 6.07) is 7.25. The third-order valence-electron chi connectivity index (χ3n) is 3.66. The molecule has 0 radical (unpaired) electrons. The number of amides is 2. The second-order valence-corrected chi connectivity index (χ2v) is 5.40. The van der Waals surface area contributed by atoms with E-state index in [2.05, 4.69) is 34.5 Å². The molecular formula is C17H22N4O3. The number of rotatable bonds is 5. The van der Waals surface area contributed by atoms with Crippen molar-refractivity contribution in [3.05, 3.63) is 35.6 Å². The maximum Gasteiger partial charge on any atom is 0.315 e. The Morgan fingerprint density at radius 3 is 2.29 bits per heavy atom. The van der Waals surface area contributed by atoms with Crippen LogP contribution < -0.4 is 15.5 Å². The van der Waals surface area contributed by atoms with Crippen LogP contribution in [0.3, 0.4) is 0 Å². The van der Waals surface area contributed by atoms with E-state index < -0.39 is 11.8 Å². The van der Waals surface area contributed by atoms with E-state index in [1.807, 2.05) is 19.1 Å². The molecule has 128 valence electrons. The van der Waals surface area contributed by atoms with E-state index in [1.54, 1.807) is 13.0 Å². The molecule has 0 aliphatic heterocycles. The number of carbonyl (C=O) groups is 2. The molecule has 2 rings (SSSR count). The number of aromatic nitrogens is 1. The molecule has 0 saturated carbocycles. The first-order valence-corrected chi connectivity index (χ1v) is 7.85. The van der Waals surface area contributed by atoms with Crippen molar-refractivity contribution in [3.8, 4) is 0 Å². The molecule has 1 heterocycles. The number of hydrogen-bond acceptors (Lipinski definition) is 5.